The van der Waals surface area contributed by atoms with Crippen molar-refractivity contribution in [3.63, 3.8) is 0 Å². The van der Waals surface area contributed by atoms with Gasteiger partial charge in [-0.25, -0.2) is 0 Å². The number of hydrogen-bond donors (Lipinski definition) is 1. The van der Waals surface area contributed by atoms with E-state index in [1.807, 2.05) is 6.07 Å². The van der Waals surface area contributed by atoms with Gasteiger partial charge < -0.3 is 14.6 Å². The normalized spacial score (nSPS) is 32.3. The Bertz CT molecular complexity index is 515. The van der Waals surface area contributed by atoms with Crippen molar-refractivity contribution in [3.8, 4) is 5.75 Å². The quantitative estimate of drug-likeness (QED) is 0.928. The summed E-state index contributed by atoms with van der Waals surface area (Å²) in [7, 11) is 0. The first-order valence-electron chi connectivity index (χ1n) is 8.51. The highest BCUT2D eigenvalue weighted by molar-refractivity contribution is 5.39. The predicted molar refractivity (Wildman–Crippen MR) is 83.9 cm³/mol. The molecular weight excluding hydrogens is 278 g/mol. The van der Waals surface area contributed by atoms with Crippen LogP contribution in [0.2, 0.25) is 0 Å². The van der Waals surface area contributed by atoms with Crippen molar-refractivity contribution in [2.75, 3.05) is 39.5 Å². The molecule has 0 spiro atoms. The smallest absolute Gasteiger partial charge is 0.124 e. The predicted octanol–water partition coefficient (Wildman–Crippen LogP) is 2.09. The van der Waals surface area contributed by atoms with Crippen LogP contribution < -0.4 is 4.74 Å². The molecule has 2 fully saturated rings. The average molecular weight is 303 g/mol. The molecule has 4 heteroatoms. The van der Waals surface area contributed by atoms with E-state index in [-0.39, 0.29) is 6.61 Å². The zero-order valence-electron chi connectivity index (χ0n) is 13.0. The summed E-state index contributed by atoms with van der Waals surface area (Å²) in [5, 5.41) is 9.77. The Balaban J connectivity index is 1.59. The van der Waals surface area contributed by atoms with Gasteiger partial charge in [-0.1, -0.05) is 18.2 Å². The largest absolute Gasteiger partial charge is 0.493 e. The Labute approximate surface area is 132 Å². The second kappa shape index (κ2) is 6.19. The number of aliphatic hydroxyl groups is 1. The lowest BCUT2D eigenvalue weighted by atomic mass is 9.85. The van der Waals surface area contributed by atoms with E-state index >= 15 is 0 Å². The van der Waals surface area contributed by atoms with Crippen LogP contribution in [-0.2, 0) is 4.74 Å². The SMILES string of the molecule is OC[C@@H]1CN(CC2CCOCC2)[C@H]2c3ccccc3OC[C@@H]12. The molecule has 2 saturated heterocycles. The minimum Gasteiger partial charge on any atom is -0.493 e. The maximum Gasteiger partial charge on any atom is 0.124 e. The van der Waals surface area contributed by atoms with Gasteiger partial charge in [0, 0.05) is 56.4 Å². The van der Waals surface area contributed by atoms with Crippen LogP contribution in [0, 0.1) is 17.8 Å². The van der Waals surface area contributed by atoms with Crippen LogP contribution in [-0.4, -0.2) is 49.5 Å². The fourth-order valence-corrected chi connectivity index (χ4v) is 4.42. The van der Waals surface area contributed by atoms with Gasteiger partial charge in [-0.3, -0.25) is 4.90 Å². The lowest BCUT2D eigenvalue weighted by molar-refractivity contribution is 0.0457. The van der Waals surface area contributed by atoms with E-state index in [0.29, 0.717) is 17.9 Å². The minimum atomic E-state index is 0.261. The Morgan fingerprint density at radius 2 is 2.00 bits per heavy atom. The summed E-state index contributed by atoms with van der Waals surface area (Å²) in [5.74, 6) is 2.50. The molecule has 0 aliphatic carbocycles. The molecule has 0 amide bonds. The minimum absolute atomic E-state index is 0.261. The van der Waals surface area contributed by atoms with Crippen LogP contribution in [0.15, 0.2) is 24.3 Å². The molecule has 4 rings (SSSR count). The zero-order chi connectivity index (χ0) is 14.9. The molecule has 3 aliphatic heterocycles. The van der Waals surface area contributed by atoms with Crippen LogP contribution in [0.5, 0.6) is 5.75 Å². The number of hydrogen-bond acceptors (Lipinski definition) is 4. The van der Waals surface area contributed by atoms with E-state index in [1.165, 1.54) is 5.56 Å². The third-order valence-corrected chi connectivity index (χ3v) is 5.61. The molecule has 1 N–H and O–H groups in total. The van der Waals surface area contributed by atoms with Crippen molar-refractivity contribution < 1.29 is 14.6 Å². The molecule has 0 bridgehead atoms. The van der Waals surface area contributed by atoms with E-state index in [9.17, 15) is 5.11 Å². The summed E-state index contributed by atoms with van der Waals surface area (Å²) in [5.41, 5.74) is 1.31. The number of para-hydroxylation sites is 1. The van der Waals surface area contributed by atoms with E-state index < -0.39 is 0 Å². The zero-order valence-corrected chi connectivity index (χ0v) is 13.0. The number of benzene rings is 1. The van der Waals surface area contributed by atoms with Gasteiger partial charge in [-0.15, -0.1) is 0 Å². The molecule has 3 aliphatic rings. The molecule has 3 heterocycles. The molecule has 0 unspecified atom stereocenters. The monoisotopic (exact) mass is 303 g/mol. The number of fused-ring (bicyclic) bond motifs is 3. The Morgan fingerprint density at radius 1 is 1.18 bits per heavy atom. The van der Waals surface area contributed by atoms with Gasteiger partial charge in [0.05, 0.1) is 6.61 Å². The van der Waals surface area contributed by atoms with Gasteiger partial charge in [0.1, 0.15) is 5.75 Å². The summed E-state index contributed by atoms with van der Waals surface area (Å²) in [6, 6.07) is 8.82. The van der Waals surface area contributed by atoms with Gasteiger partial charge >= 0.3 is 0 Å². The first-order chi connectivity index (χ1) is 10.9. The first-order valence-corrected chi connectivity index (χ1v) is 8.51. The Hall–Kier alpha value is -1.10. The second-order valence-electron chi connectivity index (χ2n) is 6.91. The third kappa shape index (κ3) is 2.53. The van der Waals surface area contributed by atoms with Crippen molar-refractivity contribution >= 4 is 0 Å². The summed E-state index contributed by atoms with van der Waals surface area (Å²) < 4.78 is 11.4. The molecule has 0 aromatic heterocycles. The number of ether oxygens (including phenoxy) is 2. The summed E-state index contributed by atoms with van der Waals surface area (Å²) in [4.78, 5) is 2.60. The Morgan fingerprint density at radius 3 is 2.82 bits per heavy atom. The molecule has 1 aromatic carbocycles. The van der Waals surface area contributed by atoms with Crippen molar-refractivity contribution in [2.45, 2.75) is 18.9 Å². The number of nitrogens with zero attached hydrogens (tertiary/aromatic N) is 1. The number of rotatable bonds is 3. The fourth-order valence-electron chi connectivity index (χ4n) is 4.42. The van der Waals surface area contributed by atoms with Crippen LogP contribution in [0.1, 0.15) is 24.4 Å². The van der Waals surface area contributed by atoms with E-state index in [0.717, 1.165) is 57.4 Å². The first kappa shape index (κ1) is 14.5. The molecule has 0 saturated carbocycles. The topological polar surface area (TPSA) is 41.9 Å². The Kier molecular flexibility index (Phi) is 4.07. The van der Waals surface area contributed by atoms with Crippen molar-refractivity contribution in [2.24, 2.45) is 17.8 Å². The van der Waals surface area contributed by atoms with Crippen LogP contribution in [0.25, 0.3) is 0 Å². The maximum atomic E-state index is 9.77. The van der Waals surface area contributed by atoms with Gasteiger partial charge in [-0.05, 0) is 24.8 Å². The lowest BCUT2D eigenvalue weighted by Crippen LogP contribution is -2.35. The van der Waals surface area contributed by atoms with E-state index in [2.05, 4.69) is 23.1 Å². The standard InChI is InChI=1S/C18H25NO3/c20-11-14-10-19(9-13-5-7-21-8-6-13)18-15-3-1-2-4-17(15)22-12-16(14)18/h1-4,13-14,16,18,20H,5-12H2/t14-,16-,18-/m0/s1. The summed E-state index contributed by atoms with van der Waals surface area (Å²) in [6.07, 6.45) is 2.33. The van der Waals surface area contributed by atoms with Crippen LogP contribution in [0.3, 0.4) is 0 Å². The molecular formula is C18H25NO3. The highest BCUT2D eigenvalue weighted by Gasteiger charge is 2.46. The van der Waals surface area contributed by atoms with Crippen LogP contribution in [0.4, 0.5) is 0 Å². The van der Waals surface area contributed by atoms with Crippen molar-refractivity contribution in [3.05, 3.63) is 29.8 Å². The highest BCUT2D eigenvalue weighted by Crippen LogP contribution is 2.47. The molecule has 0 radical (unpaired) electrons. The van der Waals surface area contributed by atoms with E-state index in [4.69, 9.17) is 9.47 Å². The van der Waals surface area contributed by atoms with Gasteiger partial charge in [-0.2, -0.15) is 0 Å². The number of aliphatic hydroxyl groups excluding tert-OH is 1. The molecule has 22 heavy (non-hydrogen) atoms. The maximum absolute atomic E-state index is 9.77. The summed E-state index contributed by atoms with van der Waals surface area (Å²) >= 11 is 0. The molecule has 4 nitrogen and oxygen atoms in total. The molecule has 1 aromatic rings. The molecule has 120 valence electrons. The molecule has 3 atom stereocenters. The van der Waals surface area contributed by atoms with Crippen molar-refractivity contribution in [1.82, 2.24) is 4.90 Å². The van der Waals surface area contributed by atoms with Gasteiger partial charge in [0.25, 0.3) is 0 Å². The average Bonchev–Trinajstić information content (AvgIpc) is 2.94. The van der Waals surface area contributed by atoms with Crippen LogP contribution >= 0.6 is 0 Å². The van der Waals surface area contributed by atoms with Crippen molar-refractivity contribution in [1.29, 1.82) is 0 Å². The van der Waals surface area contributed by atoms with Gasteiger partial charge in [0.2, 0.25) is 0 Å². The van der Waals surface area contributed by atoms with Gasteiger partial charge in [0.15, 0.2) is 0 Å². The van der Waals surface area contributed by atoms with E-state index in [1.54, 1.807) is 0 Å². The number of likely N-dealkylation sites (tertiary alicyclic amines) is 1. The lowest BCUT2D eigenvalue weighted by Gasteiger charge is -2.36. The third-order valence-electron chi connectivity index (χ3n) is 5.61. The highest BCUT2D eigenvalue weighted by atomic mass is 16.5. The summed E-state index contributed by atoms with van der Waals surface area (Å²) in [6.45, 7) is 4.90. The second-order valence-corrected chi connectivity index (χ2v) is 6.91. The fraction of sp³-hybridized carbons (Fsp3) is 0.667.